The van der Waals surface area contributed by atoms with Crippen molar-refractivity contribution < 1.29 is 4.79 Å². The highest BCUT2D eigenvalue weighted by molar-refractivity contribution is 5.78. The van der Waals surface area contributed by atoms with Gasteiger partial charge < -0.3 is 11.1 Å². The molecular formula is C23H35N3O. The summed E-state index contributed by atoms with van der Waals surface area (Å²) in [4.78, 5) is 15.5. The molecule has 148 valence electrons. The van der Waals surface area contributed by atoms with Crippen LogP contribution in [0.5, 0.6) is 0 Å². The van der Waals surface area contributed by atoms with E-state index in [2.05, 4.69) is 41.4 Å². The average Bonchev–Trinajstić information content (AvgIpc) is 3.17. The van der Waals surface area contributed by atoms with E-state index in [1.54, 1.807) is 0 Å². The average molecular weight is 370 g/mol. The van der Waals surface area contributed by atoms with E-state index in [1.807, 2.05) is 0 Å². The van der Waals surface area contributed by atoms with Gasteiger partial charge in [-0.2, -0.15) is 0 Å². The largest absolute Gasteiger partial charge is 0.354 e. The highest BCUT2D eigenvalue weighted by Crippen LogP contribution is 2.42. The van der Waals surface area contributed by atoms with Crippen molar-refractivity contribution in [3.63, 3.8) is 0 Å². The van der Waals surface area contributed by atoms with E-state index < -0.39 is 0 Å². The predicted octanol–water partition coefficient (Wildman–Crippen LogP) is 3.40. The number of carbonyl (C=O) groups is 1. The first-order chi connectivity index (χ1) is 13.1. The van der Waals surface area contributed by atoms with E-state index in [1.165, 1.54) is 43.2 Å². The first-order valence-corrected chi connectivity index (χ1v) is 11.0. The van der Waals surface area contributed by atoms with Crippen LogP contribution in [0, 0.1) is 24.7 Å². The van der Waals surface area contributed by atoms with Gasteiger partial charge in [-0.05, 0) is 75.9 Å². The molecule has 3 aliphatic rings. The van der Waals surface area contributed by atoms with Gasteiger partial charge in [0, 0.05) is 18.5 Å². The molecule has 3 N–H and O–H groups in total. The van der Waals surface area contributed by atoms with Crippen LogP contribution in [0.25, 0.3) is 0 Å². The number of nitrogens with two attached hydrogens (primary N) is 1. The van der Waals surface area contributed by atoms with Crippen LogP contribution in [-0.2, 0) is 4.79 Å². The second kappa shape index (κ2) is 8.32. The molecule has 3 fully saturated rings. The van der Waals surface area contributed by atoms with Crippen LogP contribution in [0.15, 0.2) is 24.3 Å². The van der Waals surface area contributed by atoms with Gasteiger partial charge in [-0.3, -0.25) is 9.69 Å². The maximum absolute atomic E-state index is 13.0. The topological polar surface area (TPSA) is 58.4 Å². The van der Waals surface area contributed by atoms with E-state index >= 15 is 0 Å². The number of hydrogen-bond acceptors (Lipinski definition) is 3. The minimum Gasteiger partial charge on any atom is -0.354 e. The van der Waals surface area contributed by atoms with E-state index in [4.69, 9.17) is 5.73 Å². The monoisotopic (exact) mass is 369 g/mol. The molecule has 27 heavy (non-hydrogen) atoms. The number of nitrogens with zero attached hydrogens (tertiary/aromatic N) is 1. The molecule has 0 spiro atoms. The van der Waals surface area contributed by atoms with Crippen molar-refractivity contribution in [3.8, 4) is 0 Å². The van der Waals surface area contributed by atoms with Crippen molar-refractivity contribution in [2.45, 2.75) is 64.0 Å². The maximum atomic E-state index is 13.0. The highest BCUT2D eigenvalue weighted by atomic mass is 16.1. The molecule has 1 aromatic carbocycles. The molecular weight excluding hydrogens is 334 g/mol. The normalized spacial score (nSPS) is 32.2. The number of nitrogens with one attached hydrogen (secondary N) is 1. The molecule has 4 rings (SSSR count). The van der Waals surface area contributed by atoms with Gasteiger partial charge in [0.1, 0.15) is 0 Å². The van der Waals surface area contributed by atoms with Gasteiger partial charge in [-0.25, -0.2) is 0 Å². The molecule has 3 unspecified atom stereocenters. The van der Waals surface area contributed by atoms with Crippen LogP contribution in [-0.4, -0.2) is 36.5 Å². The number of hydrogen-bond donors (Lipinski definition) is 2. The van der Waals surface area contributed by atoms with Crippen LogP contribution in [0.2, 0.25) is 0 Å². The van der Waals surface area contributed by atoms with E-state index in [0.29, 0.717) is 23.9 Å². The fourth-order valence-electron chi connectivity index (χ4n) is 5.64. The first-order valence-electron chi connectivity index (χ1n) is 11.0. The van der Waals surface area contributed by atoms with E-state index in [0.717, 1.165) is 32.5 Å². The van der Waals surface area contributed by atoms with Gasteiger partial charge in [0.05, 0.1) is 6.04 Å². The van der Waals surface area contributed by atoms with Crippen molar-refractivity contribution in [2.75, 3.05) is 19.6 Å². The summed E-state index contributed by atoms with van der Waals surface area (Å²) < 4.78 is 0. The van der Waals surface area contributed by atoms with Crippen molar-refractivity contribution >= 4 is 5.91 Å². The molecule has 1 amide bonds. The van der Waals surface area contributed by atoms with Gasteiger partial charge in [0.2, 0.25) is 5.91 Å². The summed E-state index contributed by atoms with van der Waals surface area (Å²) >= 11 is 0. The number of amides is 1. The third kappa shape index (κ3) is 4.22. The zero-order chi connectivity index (χ0) is 18.8. The molecule has 1 aromatic rings. The zero-order valence-electron chi connectivity index (χ0n) is 16.7. The Bertz CT molecular complexity index is 624. The predicted molar refractivity (Wildman–Crippen MR) is 109 cm³/mol. The quantitative estimate of drug-likeness (QED) is 0.836. The van der Waals surface area contributed by atoms with Crippen molar-refractivity contribution in [3.05, 3.63) is 35.4 Å². The standard InChI is InChI=1S/C23H35N3O/c1-16-7-9-17(10-8-16)21(26-11-2-3-12-26)15-25-23(27)20-13-18-5-4-6-19(14-20)22(18)24/h7-10,18-22H,2-6,11-15,24H2,1H3,(H,25,27). The summed E-state index contributed by atoms with van der Waals surface area (Å²) in [5, 5.41) is 3.33. The van der Waals surface area contributed by atoms with Crippen LogP contribution in [0.3, 0.4) is 0 Å². The first kappa shape index (κ1) is 18.9. The number of carbonyl (C=O) groups excluding carboxylic acids is 1. The van der Waals surface area contributed by atoms with Gasteiger partial charge in [-0.15, -0.1) is 0 Å². The lowest BCUT2D eigenvalue weighted by molar-refractivity contribution is -0.128. The second-order valence-corrected chi connectivity index (χ2v) is 9.11. The number of aryl methyl sites for hydroxylation is 1. The zero-order valence-corrected chi connectivity index (χ0v) is 16.7. The summed E-state index contributed by atoms with van der Waals surface area (Å²) in [7, 11) is 0. The lowest BCUT2D eigenvalue weighted by Gasteiger charge is -2.43. The third-order valence-electron chi connectivity index (χ3n) is 7.30. The number of rotatable bonds is 5. The Morgan fingerprint density at radius 1 is 1.11 bits per heavy atom. The molecule has 1 saturated heterocycles. The highest BCUT2D eigenvalue weighted by Gasteiger charge is 2.40. The van der Waals surface area contributed by atoms with Gasteiger partial charge in [0.15, 0.2) is 0 Å². The lowest BCUT2D eigenvalue weighted by Crippen LogP contribution is -2.49. The molecule has 4 nitrogen and oxygen atoms in total. The molecule has 4 heteroatoms. The minimum atomic E-state index is 0.164. The van der Waals surface area contributed by atoms with Crippen molar-refractivity contribution in [1.82, 2.24) is 10.2 Å². The second-order valence-electron chi connectivity index (χ2n) is 9.11. The summed E-state index contributed by atoms with van der Waals surface area (Å²) in [5.41, 5.74) is 9.01. The minimum absolute atomic E-state index is 0.164. The molecule has 3 atom stereocenters. The number of fused-ring (bicyclic) bond motifs is 2. The van der Waals surface area contributed by atoms with Crippen molar-refractivity contribution in [2.24, 2.45) is 23.5 Å². The SMILES string of the molecule is Cc1ccc(C(CNC(=O)C2CC3CCCC(C2)C3N)N2CCCC2)cc1. The van der Waals surface area contributed by atoms with Gasteiger partial charge >= 0.3 is 0 Å². The van der Waals surface area contributed by atoms with Crippen LogP contribution >= 0.6 is 0 Å². The Morgan fingerprint density at radius 3 is 2.37 bits per heavy atom. The maximum Gasteiger partial charge on any atom is 0.223 e. The molecule has 2 saturated carbocycles. The van der Waals surface area contributed by atoms with Crippen molar-refractivity contribution in [1.29, 1.82) is 0 Å². The fraction of sp³-hybridized carbons (Fsp3) is 0.696. The summed E-state index contributed by atoms with van der Waals surface area (Å²) in [6.07, 6.45) is 8.22. The van der Waals surface area contributed by atoms with E-state index in [-0.39, 0.29) is 11.8 Å². The molecule has 1 aliphatic heterocycles. The number of benzene rings is 1. The summed E-state index contributed by atoms with van der Waals surface area (Å²) in [5.74, 6) is 1.53. The molecule has 2 bridgehead atoms. The molecule has 0 radical (unpaired) electrons. The molecule has 2 aliphatic carbocycles. The Balaban J connectivity index is 1.40. The Kier molecular flexibility index (Phi) is 5.84. The Labute approximate surface area is 163 Å². The molecule has 0 aromatic heterocycles. The Hall–Kier alpha value is -1.39. The third-order valence-corrected chi connectivity index (χ3v) is 7.30. The molecule has 1 heterocycles. The number of likely N-dealkylation sites (tertiary alicyclic amines) is 1. The Morgan fingerprint density at radius 2 is 1.74 bits per heavy atom. The summed E-state index contributed by atoms with van der Waals surface area (Å²) in [6, 6.07) is 9.45. The van der Waals surface area contributed by atoms with Gasteiger partial charge in [-0.1, -0.05) is 36.2 Å². The lowest BCUT2D eigenvalue weighted by atomic mass is 9.65. The van der Waals surface area contributed by atoms with Gasteiger partial charge in [0.25, 0.3) is 0 Å². The van der Waals surface area contributed by atoms with E-state index in [9.17, 15) is 4.79 Å². The van der Waals surface area contributed by atoms with Crippen LogP contribution in [0.1, 0.15) is 62.1 Å². The van der Waals surface area contributed by atoms with Crippen LogP contribution in [0.4, 0.5) is 0 Å². The van der Waals surface area contributed by atoms with Crippen LogP contribution < -0.4 is 11.1 Å². The fourth-order valence-corrected chi connectivity index (χ4v) is 5.64. The summed E-state index contributed by atoms with van der Waals surface area (Å²) in [6.45, 7) is 5.12. The smallest absolute Gasteiger partial charge is 0.223 e.